The molecule has 1 amide bonds. The molecule has 1 N–H and O–H groups in total. The number of fused-ring (bicyclic) bond motifs is 2. The topological polar surface area (TPSA) is 29.1 Å². The zero-order chi connectivity index (χ0) is 12.7. The molecule has 2 aliphatic carbocycles. The Morgan fingerprint density at radius 3 is 2.61 bits per heavy atom. The number of hydrogen-bond acceptors (Lipinski definition) is 1. The van der Waals surface area contributed by atoms with E-state index in [0.29, 0.717) is 17.5 Å². The molecule has 2 nitrogen and oxygen atoms in total. The molecule has 94 valence electrons. The number of amides is 1. The minimum Gasteiger partial charge on any atom is -0.326 e. The summed E-state index contributed by atoms with van der Waals surface area (Å²) in [5.74, 6) is -1.17. The first-order valence-electron chi connectivity index (χ1n) is 6.08. The third-order valence-corrected chi connectivity index (χ3v) is 3.80. The zero-order valence-electron chi connectivity index (χ0n) is 9.70. The summed E-state index contributed by atoms with van der Waals surface area (Å²) in [6, 6.07) is 3.40. The van der Waals surface area contributed by atoms with Crippen LogP contribution in [0.5, 0.6) is 0 Å². The van der Waals surface area contributed by atoms with Gasteiger partial charge in [-0.3, -0.25) is 4.79 Å². The Labute approximate surface area is 104 Å². The number of nitrogens with one attached hydrogen (secondary N) is 1. The van der Waals surface area contributed by atoms with Crippen LogP contribution in [0.4, 0.5) is 14.5 Å². The molecule has 0 radical (unpaired) electrons. The van der Waals surface area contributed by atoms with Crippen LogP contribution < -0.4 is 5.32 Å². The highest BCUT2D eigenvalue weighted by Crippen LogP contribution is 2.43. The highest BCUT2D eigenvalue weighted by molar-refractivity contribution is 5.93. The molecule has 4 heteroatoms. The molecule has 2 bridgehead atoms. The zero-order valence-corrected chi connectivity index (χ0v) is 9.70. The predicted octanol–water partition coefficient (Wildman–Crippen LogP) is 3.12. The first-order valence-corrected chi connectivity index (χ1v) is 6.08. The van der Waals surface area contributed by atoms with Crippen molar-refractivity contribution in [3.63, 3.8) is 0 Å². The summed E-state index contributed by atoms with van der Waals surface area (Å²) in [6.07, 6.45) is 6.14. The number of carbonyl (C=O) groups excluding carboxylic acids is 1. The van der Waals surface area contributed by atoms with Gasteiger partial charge in [-0.2, -0.15) is 0 Å². The van der Waals surface area contributed by atoms with Gasteiger partial charge >= 0.3 is 0 Å². The number of halogens is 2. The van der Waals surface area contributed by atoms with Gasteiger partial charge in [0.2, 0.25) is 5.91 Å². The second-order valence-electron chi connectivity index (χ2n) is 5.00. The van der Waals surface area contributed by atoms with E-state index in [1.165, 1.54) is 6.07 Å². The highest BCUT2D eigenvalue weighted by atomic mass is 19.2. The van der Waals surface area contributed by atoms with E-state index < -0.39 is 11.6 Å². The van der Waals surface area contributed by atoms with Crippen molar-refractivity contribution < 1.29 is 13.6 Å². The average Bonchev–Trinajstić information content (AvgIpc) is 2.96. The van der Waals surface area contributed by atoms with Crippen molar-refractivity contribution >= 4 is 11.6 Å². The lowest BCUT2D eigenvalue weighted by atomic mass is 9.93. The molecule has 3 rings (SSSR count). The Hall–Kier alpha value is -1.71. The molecule has 0 spiro atoms. The maximum atomic E-state index is 13.0. The van der Waals surface area contributed by atoms with Gasteiger partial charge in [-0.05, 0) is 36.8 Å². The lowest BCUT2D eigenvalue weighted by molar-refractivity contribution is -0.120. The Morgan fingerprint density at radius 1 is 1.17 bits per heavy atom. The van der Waals surface area contributed by atoms with Crippen LogP contribution in [0.3, 0.4) is 0 Å². The standard InChI is InChI=1S/C14H13F2NO/c15-12-4-3-10(7-13(12)16)17-14(18)11-6-8-1-2-9(11)5-8/h1-4,7-9,11H,5-6H2,(H,17,18)/t8-,9-,11-/m0/s1. The lowest BCUT2D eigenvalue weighted by Crippen LogP contribution is -2.25. The fourth-order valence-corrected chi connectivity index (χ4v) is 2.89. The first-order chi connectivity index (χ1) is 8.63. The minimum atomic E-state index is -0.944. The molecule has 3 atom stereocenters. The number of carbonyl (C=O) groups is 1. The monoisotopic (exact) mass is 249 g/mol. The van der Waals surface area contributed by atoms with Gasteiger partial charge < -0.3 is 5.32 Å². The van der Waals surface area contributed by atoms with Gasteiger partial charge in [-0.1, -0.05) is 12.2 Å². The van der Waals surface area contributed by atoms with Crippen LogP contribution in [0.15, 0.2) is 30.4 Å². The normalized spacial score (nSPS) is 28.7. The van der Waals surface area contributed by atoms with Crippen LogP contribution >= 0.6 is 0 Å². The minimum absolute atomic E-state index is 0.0342. The Morgan fingerprint density at radius 2 is 2.00 bits per heavy atom. The van der Waals surface area contributed by atoms with Gasteiger partial charge in [0.1, 0.15) is 0 Å². The molecule has 1 aromatic rings. The highest BCUT2D eigenvalue weighted by Gasteiger charge is 2.39. The van der Waals surface area contributed by atoms with Gasteiger partial charge in [-0.25, -0.2) is 8.78 Å². The predicted molar refractivity (Wildman–Crippen MR) is 63.8 cm³/mol. The fraction of sp³-hybridized carbons (Fsp3) is 0.357. The van der Waals surface area contributed by atoms with Crippen LogP contribution in [0.1, 0.15) is 12.8 Å². The van der Waals surface area contributed by atoms with E-state index in [-0.39, 0.29) is 11.8 Å². The average molecular weight is 249 g/mol. The van der Waals surface area contributed by atoms with Crippen LogP contribution in [-0.2, 0) is 4.79 Å². The van der Waals surface area contributed by atoms with E-state index >= 15 is 0 Å². The molecular weight excluding hydrogens is 236 g/mol. The van der Waals surface area contributed by atoms with Crippen molar-refractivity contribution in [2.75, 3.05) is 5.32 Å². The molecule has 1 aromatic carbocycles. The summed E-state index contributed by atoms with van der Waals surface area (Å²) in [5, 5.41) is 2.66. The third-order valence-electron chi connectivity index (χ3n) is 3.80. The largest absolute Gasteiger partial charge is 0.326 e. The maximum absolute atomic E-state index is 13.0. The van der Waals surface area contributed by atoms with Gasteiger partial charge in [-0.15, -0.1) is 0 Å². The molecular formula is C14H13F2NO. The van der Waals surface area contributed by atoms with Gasteiger partial charge in [0.05, 0.1) is 0 Å². The third kappa shape index (κ3) is 1.92. The summed E-state index contributed by atoms with van der Waals surface area (Å²) < 4.78 is 25.8. The van der Waals surface area contributed by atoms with Gasteiger partial charge in [0, 0.05) is 17.7 Å². The van der Waals surface area contributed by atoms with Crippen molar-refractivity contribution in [1.82, 2.24) is 0 Å². The molecule has 0 aromatic heterocycles. The Bertz CT molecular complexity index is 527. The summed E-state index contributed by atoms with van der Waals surface area (Å²) in [7, 11) is 0. The van der Waals surface area contributed by atoms with Crippen LogP contribution in [0, 0.1) is 29.4 Å². The Kier molecular flexibility index (Phi) is 2.65. The summed E-state index contributed by atoms with van der Waals surface area (Å²) in [5.41, 5.74) is 0.311. The molecule has 1 saturated carbocycles. The number of hydrogen-bond donors (Lipinski definition) is 1. The van der Waals surface area contributed by atoms with Gasteiger partial charge in [0.15, 0.2) is 11.6 Å². The Balaban J connectivity index is 1.71. The maximum Gasteiger partial charge on any atom is 0.228 e. The smallest absolute Gasteiger partial charge is 0.228 e. The van der Waals surface area contributed by atoms with E-state index in [9.17, 15) is 13.6 Å². The molecule has 1 fully saturated rings. The number of rotatable bonds is 2. The van der Waals surface area contributed by atoms with Crippen molar-refractivity contribution in [1.29, 1.82) is 0 Å². The molecule has 0 unspecified atom stereocenters. The van der Waals surface area contributed by atoms with Crippen LogP contribution in [0.25, 0.3) is 0 Å². The molecule has 0 aliphatic heterocycles. The number of allylic oxidation sites excluding steroid dienone is 2. The van der Waals surface area contributed by atoms with Crippen molar-refractivity contribution in [2.24, 2.45) is 17.8 Å². The molecule has 18 heavy (non-hydrogen) atoms. The first kappa shape index (κ1) is 11.4. The molecule has 2 aliphatic rings. The lowest BCUT2D eigenvalue weighted by Gasteiger charge is -2.17. The van der Waals surface area contributed by atoms with E-state index in [1.54, 1.807) is 0 Å². The van der Waals surface area contributed by atoms with E-state index in [4.69, 9.17) is 0 Å². The summed E-state index contributed by atoms with van der Waals surface area (Å²) in [6.45, 7) is 0. The molecule has 0 heterocycles. The van der Waals surface area contributed by atoms with Crippen LogP contribution in [0.2, 0.25) is 0 Å². The number of benzene rings is 1. The second-order valence-corrected chi connectivity index (χ2v) is 5.00. The van der Waals surface area contributed by atoms with E-state index in [0.717, 1.165) is 25.0 Å². The van der Waals surface area contributed by atoms with E-state index in [2.05, 4.69) is 17.5 Å². The quantitative estimate of drug-likeness (QED) is 0.802. The van der Waals surface area contributed by atoms with Crippen molar-refractivity contribution in [2.45, 2.75) is 12.8 Å². The van der Waals surface area contributed by atoms with E-state index in [1.807, 2.05) is 0 Å². The molecule has 0 saturated heterocycles. The van der Waals surface area contributed by atoms with Crippen molar-refractivity contribution in [3.05, 3.63) is 42.0 Å². The summed E-state index contributed by atoms with van der Waals surface area (Å²) >= 11 is 0. The summed E-state index contributed by atoms with van der Waals surface area (Å²) in [4.78, 5) is 12.0. The fourth-order valence-electron chi connectivity index (χ4n) is 2.89. The van der Waals surface area contributed by atoms with Crippen molar-refractivity contribution in [3.8, 4) is 0 Å². The SMILES string of the molecule is O=C(Nc1ccc(F)c(F)c1)[C@H]1C[C@H]2C=C[C@H]1C2. The van der Waals surface area contributed by atoms with Crippen LogP contribution in [-0.4, -0.2) is 5.91 Å². The second kappa shape index (κ2) is 4.19. The number of anilines is 1. The van der Waals surface area contributed by atoms with Gasteiger partial charge in [0.25, 0.3) is 0 Å².